The first-order chi connectivity index (χ1) is 6.73. The average molecular weight is 211 g/mol. The third-order valence-corrected chi connectivity index (χ3v) is 3.72. The maximum absolute atomic E-state index is 9.17. The van der Waals surface area contributed by atoms with Crippen LogP contribution >= 0.6 is 11.6 Å². The molecule has 1 N–H and O–H groups in total. The minimum atomic E-state index is 0.208. The van der Waals surface area contributed by atoms with Gasteiger partial charge in [0.2, 0.25) is 0 Å². The van der Waals surface area contributed by atoms with Crippen molar-refractivity contribution < 1.29 is 5.11 Å². The fourth-order valence-corrected chi connectivity index (χ4v) is 2.60. The van der Waals surface area contributed by atoms with Crippen LogP contribution in [0.5, 0.6) is 0 Å². The molecular formula is C12H15ClO. The second kappa shape index (κ2) is 3.56. The molecule has 1 aliphatic carbocycles. The standard InChI is InChI=1S/C12H15ClO/c1-2-12(7-10(12)8-14)9-4-3-5-11(13)6-9/h3-6,10,14H,2,7-8H2,1H3. The van der Waals surface area contributed by atoms with Crippen molar-refractivity contribution in [1.29, 1.82) is 0 Å². The topological polar surface area (TPSA) is 20.2 Å². The van der Waals surface area contributed by atoms with Gasteiger partial charge in [-0.2, -0.15) is 0 Å². The molecule has 1 nitrogen and oxygen atoms in total. The van der Waals surface area contributed by atoms with E-state index in [-0.39, 0.29) is 5.41 Å². The Morgan fingerprint density at radius 1 is 1.57 bits per heavy atom. The summed E-state index contributed by atoms with van der Waals surface area (Å²) in [7, 11) is 0. The predicted octanol–water partition coefficient (Wildman–Crippen LogP) is 3.00. The van der Waals surface area contributed by atoms with Gasteiger partial charge in [-0.15, -0.1) is 0 Å². The fraction of sp³-hybridized carbons (Fsp3) is 0.500. The average Bonchev–Trinajstić information content (AvgIpc) is 2.93. The van der Waals surface area contributed by atoms with Crippen LogP contribution in [-0.2, 0) is 5.41 Å². The number of hydrogen-bond acceptors (Lipinski definition) is 1. The molecule has 1 aromatic rings. The van der Waals surface area contributed by atoms with Crippen LogP contribution < -0.4 is 0 Å². The molecule has 1 saturated carbocycles. The van der Waals surface area contributed by atoms with E-state index in [2.05, 4.69) is 13.0 Å². The molecule has 1 aliphatic rings. The second-order valence-electron chi connectivity index (χ2n) is 4.10. The number of rotatable bonds is 3. The van der Waals surface area contributed by atoms with Gasteiger partial charge in [0.05, 0.1) is 0 Å². The normalized spacial score (nSPS) is 30.4. The van der Waals surface area contributed by atoms with Crippen molar-refractivity contribution in [2.45, 2.75) is 25.2 Å². The summed E-state index contributed by atoms with van der Waals surface area (Å²) in [6.45, 7) is 2.47. The van der Waals surface area contributed by atoms with Gasteiger partial charge in [0.15, 0.2) is 0 Å². The molecule has 0 saturated heterocycles. The Hall–Kier alpha value is -0.530. The van der Waals surface area contributed by atoms with Crippen LogP contribution in [0, 0.1) is 5.92 Å². The third kappa shape index (κ3) is 1.45. The van der Waals surface area contributed by atoms with Gasteiger partial charge in [0.25, 0.3) is 0 Å². The van der Waals surface area contributed by atoms with Gasteiger partial charge >= 0.3 is 0 Å². The van der Waals surface area contributed by atoms with Crippen LogP contribution in [0.1, 0.15) is 25.3 Å². The van der Waals surface area contributed by atoms with E-state index in [0.29, 0.717) is 12.5 Å². The molecule has 0 bridgehead atoms. The van der Waals surface area contributed by atoms with Gasteiger partial charge in [0, 0.05) is 17.0 Å². The number of hydrogen-bond donors (Lipinski definition) is 1. The number of aliphatic hydroxyl groups excluding tert-OH is 1. The van der Waals surface area contributed by atoms with E-state index in [4.69, 9.17) is 11.6 Å². The van der Waals surface area contributed by atoms with E-state index >= 15 is 0 Å². The van der Waals surface area contributed by atoms with Gasteiger partial charge in [-0.25, -0.2) is 0 Å². The van der Waals surface area contributed by atoms with Crippen molar-refractivity contribution in [2.75, 3.05) is 6.61 Å². The molecule has 2 rings (SSSR count). The first-order valence-corrected chi connectivity index (χ1v) is 5.47. The summed E-state index contributed by atoms with van der Waals surface area (Å²) in [4.78, 5) is 0. The largest absolute Gasteiger partial charge is 0.396 e. The van der Waals surface area contributed by atoms with Crippen LogP contribution in [0.25, 0.3) is 0 Å². The monoisotopic (exact) mass is 210 g/mol. The Kier molecular flexibility index (Phi) is 2.54. The van der Waals surface area contributed by atoms with Crippen molar-refractivity contribution in [3.05, 3.63) is 34.9 Å². The Morgan fingerprint density at radius 2 is 2.36 bits per heavy atom. The summed E-state index contributed by atoms with van der Waals surface area (Å²) in [6.07, 6.45) is 2.18. The lowest BCUT2D eigenvalue weighted by molar-refractivity contribution is 0.262. The zero-order chi connectivity index (χ0) is 10.2. The molecule has 76 valence electrons. The summed E-state index contributed by atoms with van der Waals surface area (Å²) >= 11 is 5.96. The molecule has 2 atom stereocenters. The van der Waals surface area contributed by atoms with Crippen molar-refractivity contribution in [3.8, 4) is 0 Å². The molecule has 0 aliphatic heterocycles. The fourth-order valence-electron chi connectivity index (χ4n) is 2.41. The van der Waals surface area contributed by atoms with Crippen molar-refractivity contribution in [3.63, 3.8) is 0 Å². The Labute approximate surface area is 89.7 Å². The maximum Gasteiger partial charge on any atom is 0.0468 e. The second-order valence-corrected chi connectivity index (χ2v) is 4.54. The molecule has 1 fully saturated rings. The first kappa shape index (κ1) is 10.0. The van der Waals surface area contributed by atoms with E-state index < -0.39 is 0 Å². The molecule has 14 heavy (non-hydrogen) atoms. The van der Waals surface area contributed by atoms with Crippen LogP contribution in [0.2, 0.25) is 5.02 Å². The predicted molar refractivity (Wildman–Crippen MR) is 58.6 cm³/mol. The van der Waals surface area contributed by atoms with E-state index in [1.807, 2.05) is 18.2 Å². The van der Waals surface area contributed by atoms with Crippen molar-refractivity contribution >= 4 is 11.6 Å². The molecule has 0 spiro atoms. The lowest BCUT2D eigenvalue weighted by Crippen LogP contribution is -2.10. The van der Waals surface area contributed by atoms with E-state index in [1.54, 1.807) is 0 Å². The number of aliphatic hydroxyl groups is 1. The van der Waals surface area contributed by atoms with Gasteiger partial charge in [-0.05, 0) is 36.5 Å². The molecule has 0 amide bonds. The van der Waals surface area contributed by atoms with Gasteiger partial charge in [0.1, 0.15) is 0 Å². The van der Waals surface area contributed by atoms with E-state index in [0.717, 1.165) is 17.9 Å². The van der Waals surface area contributed by atoms with Gasteiger partial charge in [-0.3, -0.25) is 0 Å². The smallest absolute Gasteiger partial charge is 0.0468 e. The Morgan fingerprint density at radius 3 is 2.86 bits per heavy atom. The van der Waals surface area contributed by atoms with Crippen LogP contribution in [0.4, 0.5) is 0 Å². The van der Waals surface area contributed by atoms with Gasteiger partial charge in [-0.1, -0.05) is 30.7 Å². The summed E-state index contributed by atoms with van der Waals surface area (Å²) in [5, 5.41) is 9.96. The minimum absolute atomic E-state index is 0.208. The SMILES string of the molecule is CCC1(c2cccc(Cl)c2)CC1CO. The summed E-state index contributed by atoms with van der Waals surface area (Å²) in [6, 6.07) is 8.03. The summed E-state index contributed by atoms with van der Waals surface area (Å²) in [5.74, 6) is 0.436. The highest BCUT2D eigenvalue weighted by Crippen LogP contribution is 2.56. The lowest BCUT2D eigenvalue weighted by Gasteiger charge is -2.15. The third-order valence-electron chi connectivity index (χ3n) is 3.48. The molecule has 0 heterocycles. The van der Waals surface area contributed by atoms with Crippen LogP contribution in [0.3, 0.4) is 0 Å². The molecular weight excluding hydrogens is 196 g/mol. The maximum atomic E-state index is 9.17. The molecule has 2 unspecified atom stereocenters. The molecule has 2 heteroatoms. The van der Waals surface area contributed by atoms with E-state index in [9.17, 15) is 5.11 Å². The van der Waals surface area contributed by atoms with E-state index in [1.165, 1.54) is 5.56 Å². The highest BCUT2D eigenvalue weighted by atomic mass is 35.5. The van der Waals surface area contributed by atoms with Crippen molar-refractivity contribution in [2.24, 2.45) is 5.92 Å². The quantitative estimate of drug-likeness (QED) is 0.813. The number of halogens is 1. The zero-order valence-electron chi connectivity index (χ0n) is 8.33. The molecule has 0 aromatic heterocycles. The highest BCUT2D eigenvalue weighted by Gasteiger charge is 2.53. The Bertz CT molecular complexity index is 337. The Balaban J connectivity index is 2.30. The zero-order valence-corrected chi connectivity index (χ0v) is 9.09. The number of benzene rings is 1. The minimum Gasteiger partial charge on any atom is -0.396 e. The lowest BCUT2D eigenvalue weighted by atomic mass is 9.91. The van der Waals surface area contributed by atoms with Gasteiger partial charge < -0.3 is 5.11 Å². The van der Waals surface area contributed by atoms with Crippen molar-refractivity contribution in [1.82, 2.24) is 0 Å². The highest BCUT2D eigenvalue weighted by molar-refractivity contribution is 6.30. The summed E-state index contributed by atoms with van der Waals surface area (Å²) < 4.78 is 0. The van der Waals surface area contributed by atoms with Crippen LogP contribution in [-0.4, -0.2) is 11.7 Å². The first-order valence-electron chi connectivity index (χ1n) is 5.10. The van der Waals surface area contributed by atoms with Crippen LogP contribution in [0.15, 0.2) is 24.3 Å². The molecule has 1 aromatic carbocycles. The molecule has 0 radical (unpaired) electrons. The summed E-state index contributed by atoms with van der Waals surface area (Å²) in [5.41, 5.74) is 1.49.